The predicted octanol–water partition coefficient (Wildman–Crippen LogP) is 5.13. The Hall–Kier alpha value is -4.08. The molecule has 1 amide bonds. The molecule has 4 aromatic rings. The van der Waals surface area contributed by atoms with Crippen LogP contribution in [0.25, 0.3) is 17.1 Å². The van der Waals surface area contributed by atoms with Crippen LogP contribution < -0.4 is 0 Å². The minimum absolute atomic E-state index is 0.00965. The van der Waals surface area contributed by atoms with Crippen molar-refractivity contribution < 1.29 is 9.21 Å². The smallest absolute Gasteiger partial charge is 0.311 e. The highest BCUT2D eigenvalue weighted by molar-refractivity contribution is 5.90. The quantitative estimate of drug-likeness (QED) is 0.357. The van der Waals surface area contributed by atoms with Gasteiger partial charge >= 0.3 is 11.8 Å². The van der Waals surface area contributed by atoms with Gasteiger partial charge in [0.05, 0.1) is 17.8 Å². The number of hydrogen-bond acceptors (Lipinski definition) is 7. The molecule has 0 spiro atoms. The fourth-order valence-corrected chi connectivity index (χ4v) is 3.60. The molecule has 10 nitrogen and oxygen atoms in total. The van der Waals surface area contributed by atoms with Crippen molar-refractivity contribution in [1.82, 2.24) is 34.5 Å². The number of rotatable bonds is 4. The highest BCUT2D eigenvalue weighted by Gasteiger charge is 2.26. The summed E-state index contributed by atoms with van der Waals surface area (Å²) in [5.41, 5.74) is 5.26. The van der Waals surface area contributed by atoms with Crippen LogP contribution in [0.2, 0.25) is 0 Å². The predicted molar refractivity (Wildman–Crippen MR) is 144 cm³/mol. The summed E-state index contributed by atoms with van der Waals surface area (Å²) in [4.78, 5) is 18.8. The molecule has 5 rings (SSSR count). The van der Waals surface area contributed by atoms with Crippen molar-refractivity contribution >= 4 is 17.6 Å². The minimum atomic E-state index is -0.271. The van der Waals surface area contributed by atoms with Crippen LogP contribution in [0.1, 0.15) is 63.2 Å². The molecule has 0 bridgehead atoms. The maximum Gasteiger partial charge on any atom is 0.311 e. The molecular weight excluding hydrogens is 468 g/mol. The molecule has 1 aliphatic rings. The Morgan fingerprint density at radius 2 is 1.86 bits per heavy atom. The molecule has 0 saturated carbocycles. The summed E-state index contributed by atoms with van der Waals surface area (Å²) >= 11 is 0. The molecule has 37 heavy (non-hydrogen) atoms. The SMILES string of the molecule is CCC.CCC=NC1=C(C)CCN(C(=O)c2nnc(-c3ccnn3C)o2)C1.Cc1cccn2nccc12. The monoisotopic (exact) mass is 504 g/mol. The van der Waals surface area contributed by atoms with Crippen molar-refractivity contribution in [3.05, 3.63) is 65.6 Å². The molecule has 196 valence electrons. The first-order chi connectivity index (χ1) is 17.9. The van der Waals surface area contributed by atoms with E-state index in [0.717, 1.165) is 18.5 Å². The topological polar surface area (TPSA) is 107 Å². The van der Waals surface area contributed by atoms with E-state index in [-0.39, 0.29) is 17.7 Å². The van der Waals surface area contributed by atoms with Gasteiger partial charge in [-0.05, 0) is 56.0 Å². The summed E-state index contributed by atoms with van der Waals surface area (Å²) in [6.45, 7) is 11.5. The van der Waals surface area contributed by atoms with Crippen molar-refractivity contribution in [3.8, 4) is 11.6 Å². The molecule has 0 saturated heterocycles. The maximum absolute atomic E-state index is 12.6. The zero-order valence-electron chi connectivity index (χ0n) is 22.5. The van der Waals surface area contributed by atoms with Gasteiger partial charge in [0, 0.05) is 38.4 Å². The molecule has 0 fully saturated rings. The Balaban J connectivity index is 0.000000240. The molecule has 0 aromatic carbocycles. The highest BCUT2D eigenvalue weighted by atomic mass is 16.4. The lowest BCUT2D eigenvalue weighted by molar-refractivity contribution is 0.0723. The lowest BCUT2D eigenvalue weighted by Gasteiger charge is -2.27. The fraction of sp³-hybridized carbons (Fsp3) is 0.407. The summed E-state index contributed by atoms with van der Waals surface area (Å²) < 4.78 is 9.03. The van der Waals surface area contributed by atoms with Gasteiger partial charge in [-0.3, -0.25) is 14.5 Å². The second-order valence-electron chi connectivity index (χ2n) is 8.74. The van der Waals surface area contributed by atoms with Gasteiger partial charge in [-0.15, -0.1) is 10.2 Å². The van der Waals surface area contributed by atoms with Crippen LogP contribution in [0.5, 0.6) is 0 Å². The number of amides is 1. The molecule has 5 heterocycles. The van der Waals surface area contributed by atoms with Gasteiger partial charge in [-0.1, -0.05) is 33.3 Å². The lowest BCUT2D eigenvalue weighted by atomic mass is 10.1. The van der Waals surface area contributed by atoms with Crippen molar-refractivity contribution in [2.75, 3.05) is 13.1 Å². The Labute approximate surface area is 217 Å². The lowest BCUT2D eigenvalue weighted by Crippen LogP contribution is -2.36. The van der Waals surface area contributed by atoms with Gasteiger partial charge in [0.15, 0.2) is 0 Å². The maximum atomic E-state index is 12.6. The second-order valence-corrected chi connectivity index (χ2v) is 8.74. The van der Waals surface area contributed by atoms with E-state index in [9.17, 15) is 4.79 Å². The standard InChI is InChI=1S/C16H20N6O2.C8H8N2.C3H8/c1-4-7-17-12-10-22(9-6-11(12)2)16(23)15-20-19-14(24-15)13-5-8-18-21(13)3;1-7-3-2-6-10-8(7)4-5-9-10;1-3-2/h5,7-8H,4,6,9-10H2,1-3H3;2-6H,1H3;3H2,1-2H3. The van der Waals surface area contributed by atoms with E-state index in [4.69, 9.17) is 4.42 Å². The number of hydrogen-bond donors (Lipinski definition) is 0. The summed E-state index contributed by atoms with van der Waals surface area (Å²) in [7, 11) is 1.78. The van der Waals surface area contributed by atoms with Crippen LogP contribution in [0.15, 0.2) is 63.5 Å². The number of fused-ring (bicyclic) bond motifs is 1. The molecule has 0 radical (unpaired) electrons. The van der Waals surface area contributed by atoms with Gasteiger partial charge in [0.1, 0.15) is 5.69 Å². The average molecular weight is 505 g/mol. The van der Waals surface area contributed by atoms with Crippen LogP contribution in [0, 0.1) is 6.92 Å². The minimum Gasteiger partial charge on any atom is -0.411 e. The van der Waals surface area contributed by atoms with Crippen LogP contribution in [-0.2, 0) is 7.05 Å². The Kier molecular flexibility index (Phi) is 9.88. The molecule has 0 unspecified atom stereocenters. The van der Waals surface area contributed by atoms with E-state index in [1.165, 1.54) is 23.1 Å². The third kappa shape index (κ3) is 6.99. The van der Waals surface area contributed by atoms with Crippen molar-refractivity contribution in [2.24, 2.45) is 12.0 Å². The van der Waals surface area contributed by atoms with Crippen molar-refractivity contribution in [2.45, 2.75) is 53.9 Å². The number of carbonyl (C=O) groups excluding carboxylic acids is 1. The summed E-state index contributed by atoms with van der Waals surface area (Å²) in [6, 6.07) is 7.84. The van der Waals surface area contributed by atoms with Crippen LogP contribution >= 0.6 is 0 Å². The largest absolute Gasteiger partial charge is 0.411 e. The Bertz CT molecular complexity index is 1360. The van der Waals surface area contributed by atoms with E-state index >= 15 is 0 Å². The van der Waals surface area contributed by atoms with E-state index < -0.39 is 0 Å². The summed E-state index contributed by atoms with van der Waals surface area (Å²) in [5, 5.41) is 16.0. The molecule has 4 aromatic heterocycles. The average Bonchev–Trinajstić information content (AvgIpc) is 3.65. The fourth-order valence-electron chi connectivity index (χ4n) is 3.60. The third-order valence-electron chi connectivity index (χ3n) is 5.60. The molecule has 0 aliphatic carbocycles. The van der Waals surface area contributed by atoms with E-state index in [0.29, 0.717) is 18.8 Å². The Morgan fingerprint density at radius 3 is 2.54 bits per heavy atom. The number of carbonyl (C=O) groups is 1. The number of nitrogens with zero attached hydrogens (tertiary/aromatic N) is 8. The van der Waals surface area contributed by atoms with Gasteiger partial charge < -0.3 is 9.32 Å². The zero-order chi connectivity index (χ0) is 26.8. The first-order valence-corrected chi connectivity index (χ1v) is 12.6. The zero-order valence-corrected chi connectivity index (χ0v) is 22.5. The van der Waals surface area contributed by atoms with Crippen LogP contribution in [-0.4, -0.2) is 59.7 Å². The third-order valence-corrected chi connectivity index (χ3v) is 5.60. The van der Waals surface area contributed by atoms with E-state index in [1.54, 1.807) is 28.9 Å². The highest BCUT2D eigenvalue weighted by Crippen LogP contribution is 2.22. The number of aryl methyl sites for hydroxylation is 2. The second kappa shape index (κ2) is 13.3. The van der Waals surface area contributed by atoms with Gasteiger partial charge in [0.2, 0.25) is 0 Å². The van der Waals surface area contributed by atoms with Crippen molar-refractivity contribution in [3.63, 3.8) is 0 Å². The molecule has 10 heteroatoms. The van der Waals surface area contributed by atoms with Crippen molar-refractivity contribution in [1.29, 1.82) is 0 Å². The molecule has 0 N–H and O–H groups in total. The summed E-state index contributed by atoms with van der Waals surface area (Å²) in [6.07, 6.45) is 10.2. The number of aliphatic imine (C=N–C) groups is 1. The normalized spacial score (nSPS) is 13.4. The molecular formula is C27H36N8O2. The molecule has 1 aliphatic heterocycles. The van der Waals surface area contributed by atoms with Gasteiger partial charge in [0.25, 0.3) is 5.89 Å². The van der Waals surface area contributed by atoms with Gasteiger partial charge in [-0.2, -0.15) is 10.2 Å². The van der Waals surface area contributed by atoms with Crippen LogP contribution in [0.3, 0.4) is 0 Å². The molecule has 0 atom stereocenters. The van der Waals surface area contributed by atoms with E-state index in [1.807, 2.05) is 42.2 Å². The van der Waals surface area contributed by atoms with Gasteiger partial charge in [-0.25, -0.2) is 4.52 Å². The van der Waals surface area contributed by atoms with Crippen LogP contribution in [0.4, 0.5) is 0 Å². The van der Waals surface area contributed by atoms with E-state index in [2.05, 4.69) is 59.1 Å². The summed E-state index contributed by atoms with van der Waals surface area (Å²) in [5.74, 6) is 0.00324. The number of aromatic nitrogens is 6. The number of pyridine rings is 1. The Morgan fingerprint density at radius 1 is 1.11 bits per heavy atom. The first-order valence-electron chi connectivity index (χ1n) is 12.6. The first kappa shape index (κ1) is 27.5.